The van der Waals surface area contributed by atoms with Crippen LogP contribution in [0.2, 0.25) is 0 Å². The summed E-state index contributed by atoms with van der Waals surface area (Å²) in [6, 6.07) is 8.78. The molecule has 0 saturated heterocycles. The van der Waals surface area contributed by atoms with Crippen LogP contribution in [0.3, 0.4) is 0 Å². The molecule has 0 aliphatic carbocycles. The average Bonchev–Trinajstić information content (AvgIpc) is 2.55. The fourth-order valence-corrected chi connectivity index (χ4v) is 2.21. The van der Waals surface area contributed by atoms with E-state index in [4.69, 9.17) is 5.11 Å². The number of fused-ring (bicyclic) bond motifs is 1. The third kappa shape index (κ3) is 3.01. The molecule has 0 aliphatic heterocycles. The van der Waals surface area contributed by atoms with Gasteiger partial charge in [-0.2, -0.15) is 0 Å². The zero-order valence-electron chi connectivity index (χ0n) is 11.7. The zero-order valence-corrected chi connectivity index (χ0v) is 11.7. The Kier molecular flexibility index (Phi) is 3.91. The third-order valence-corrected chi connectivity index (χ3v) is 3.34. The van der Waals surface area contributed by atoms with Crippen molar-refractivity contribution in [2.45, 2.75) is 6.42 Å². The quantitative estimate of drug-likeness (QED) is 0.751. The molecular formula is C16H14N4O2. The summed E-state index contributed by atoms with van der Waals surface area (Å²) in [6.45, 7) is 0.719. The maximum absolute atomic E-state index is 11.0. The molecule has 0 atom stereocenters. The minimum atomic E-state index is -0.965. The van der Waals surface area contributed by atoms with E-state index in [0.717, 1.165) is 18.4 Å². The highest BCUT2D eigenvalue weighted by atomic mass is 16.4. The van der Waals surface area contributed by atoms with Crippen molar-refractivity contribution in [1.82, 2.24) is 15.0 Å². The molecule has 6 nitrogen and oxygen atoms in total. The van der Waals surface area contributed by atoms with Gasteiger partial charge >= 0.3 is 5.97 Å². The van der Waals surface area contributed by atoms with Crippen molar-refractivity contribution in [2.75, 3.05) is 11.9 Å². The number of nitrogens with zero attached hydrogens (tertiary/aromatic N) is 3. The SMILES string of the molecule is O=C(O)c1ccc2c(NCCc3ccncc3)ncnc2c1. The number of aromatic carboxylic acids is 1. The van der Waals surface area contributed by atoms with E-state index in [0.29, 0.717) is 11.3 Å². The van der Waals surface area contributed by atoms with Crippen molar-refractivity contribution in [1.29, 1.82) is 0 Å². The molecule has 0 radical (unpaired) electrons. The van der Waals surface area contributed by atoms with Crippen LogP contribution >= 0.6 is 0 Å². The Hall–Kier alpha value is -3.02. The van der Waals surface area contributed by atoms with Gasteiger partial charge in [-0.3, -0.25) is 4.98 Å². The summed E-state index contributed by atoms with van der Waals surface area (Å²) >= 11 is 0. The lowest BCUT2D eigenvalue weighted by atomic mass is 10.1. The molecule has 0 spiro atoms. The number of hydrogen-bond acceptors (Lipinski definition) is 5. The monoisotopic (exact) mass is 294 g/mol. The summed E-state index contributed by atoms with van der Waals surface area (Å²) in [4.78, 5) is 23.3. The van der Waals surface area contributed by atoms with Crippen molar-refractivity contribution in [3.63, 3.8) is 0 Å². The first-order valence-corrected chi connectivity index (χ1v) is 6.85. The summed E-state index contributed by atoms with van der Waals surface area (Å²) in [5.41, 5.74) is 2.02. The van der Waals surface area contributed by atoms with Gasteiger partial charge in [-0.25, -0.2) is 14.8 Å². The Morgan fingerprint density at radius 2 is 1.95 bits per heavy atom. The van der Waals surface area contributed by atoms with Gasteiger partial charge in [0, 0.05) is 24.3 Å². The summed E-state index contributed by atoms with van der Waals surface area (Å²) < 4.78 is 0. The van der Waals surface area contributed by atoms with Crippen LogP contribution in [0.25, 0.3) is 10.9 Å². The molecule has 0 unspecified atom stereocenters. The first kappa shape index (κ1) is 13.9. The molecule has 0 fully saturated rings. The van der Waals surface area contributed by atoms with Gasteiger partial charge in [-0.1, -0.05) is 0 Å². The van der Waals surface area contributed by atoms with Crippen molar-refractivity contribution >= 4 is 22.7 Å². The molecule has 0 amide bonds. The number of rotatable bonds is 5. The van der Waals surface area contributed by atoms with Crippen LogP contribution in [0.15, 0.2) is 49.1 Å². The number of carboxylic acid groups (broad SMARTS) is 1. The number of benzene rings is 1. The highest BCUT2D eigenvalue weighted by Gasteiger charge is 2.07. The van der Waals surface area contributed by atoms with E-state index in [9.17, 15) is 4.79 Å². The largest absolute Gasteiger partial charge is 0.478 e. The summed E-state index contributed by atoms with van der Waals surface area (Å²) in [5, 5.41) is 13.1. The second kappa shape index (κ2) is 6.17. The zero-order chi connectivity index (χ0) is 15.4. The third-order valence-electron chi connectivity index (χ3n) is 3.34. The van der Waals surface area contributed by atoms with Crippen LogP contribution < -0.4 is 5.32 Å². The van der Waals surface area contributed by atoms with Gasteiger partial charge in [0.15, 0.2) is 0 Å². The van der Waals surface area contributed by atoms with Gasteiger partial charge in [0.1, 0.15) is 12.1 Å². The molecule has 6 heteroatoms. The fourth-order valence-electron chi connectivity index (χ4n) is 2.21. The average molecular weight is 294 g/mol. The van der Waals surface area contributed by atoms with Crippen LogP contribution in [-0.4, -0.2) is 32.6 Å². The van der Waals surface area contributed by atoms with E-state index >= 15 is 0 Å². The van der Waals surface area contributed by atoms with Crippen LogP contribution in [0, 0.1) is 0 Å². The topological polar surface area (TPSA) is 88.0 Å². The molecule has 2 aromatic heterocycles. The van der Waals surface area contributed by atoms with E-state index in [1.165, 1.54) is 11.9 Å². The first-order valence-electron chi connectivity index (χ1n) is 6.85. The van der Waals surface area contributed by atoms with Crippen molar-refractivity contribution in [3.8, 4) is 0 Å². The maximum atomic E-state index is 11.0. The molecule has 22 heavy (non-hydrogen) atoms. The molecule has 2 heterocycles. The Bertz CT molecular complexity index is 806. The minimum absolute atomic E-state index is 0.217. The highest BCUT2D eigenvalue weighted by molar-refractivity contribution is 5.96. The molecule has 0 bridgehead atoms. The predicted molar refractivity (Wildman–Crippen MR) is 82.9 cm³/mol. The van der Waals surface area contributed by atoms with Crippen LogP contribution in [0.5, 0.6) is 0 Å². The summed E-state index contributed by atoms with van der Waals surface area (Å²) in [5.74, 6) is -0.260. The number of pyridine rings is 1. The van der Waals surface area contributed by atoms with Gasteiger partial charge in [-0.05, 0) is 42.3 Å². The standard InChI is InChI=1S/C16H14N4O2/c21-16(22)12-1-2-13-14(9-12)19-10-20-15(13)18-8-5-11-3-6-17-7-4-11/h1-4,6-7,9-10H,5,8H2,(H,21,22)(H,18,19,20). The van der Waals surface area contributed by atoms with Crippen LogP contribution in [0.1, 0.15) is 15.9 Å². The summed E-state index contributed by atoms with van der Waals surface area (Å²) in [6.07, 6.45) is 5.82. The van der Waals surface area contributed by atoms with E-state index in [1.807, 2.05) is 12.1 Å². The van der Waals surface area contributed by atoms with Crippen molar-refractivity contribution < 1.29 is 9.90 Å². The molecule has 3 aromatic rings. The van der Waals surface area contributed by atoms with Crippen molar-refractivity contribution in [2.24, 2.45) is 0 Å². The molecule has 0 aliphatic rings. The van der Waals surface area contributed by atoms with E-state index in [-0.39, 0.29) is 5.56 Å². The van der Waals surface area contributed by atoms with Gasteiger partial charge in [0.2, 0.25) is 0 Å². The normalized spacial score (nSPS) is 10.5. The molecule has 0 saturated carbocycles. The Labute approximate surface area is 126 Å². The number of nitrogens with one attached hydrogen (secondary N) is 1. The van der Waals surface area contributed by atoms with Crippen molar-refractivity contribution in [3.05, 3.63) is 60.2 Å². The predicted octanol–water partition coefficient (Wildman–Crippen LogP) is 2.38. The second-order valence-electron chi connectivity index (χ2n) is 4.79. The fraction of sp³-hybridized carbons (Fsp3) is 0.125. The van der Waals surface area contributed by atoms with Gasteiger partial charge in [0.25, 0.3) is 0 Å². The van der Waals surface area contributed by atoms with E-state index in [1.54, 1.807) is 30.6 Å². The Morgan fingerprint density at radius 3 is 2.73 bits per heavy atom. The molecule has 110 valence electrons. The van der Waals surface area contributed by atoms with E-state index in [2.05, 4.69) is 20.3 Å². The lowest BCUT2D eigenvalue weighted by Gasteiger charge is -2.08. The number of carboxylic acids is 1. The first-order chi connectivity index (χ1) is 10.7. The van der Waals surface area contributed by atoms with Gasteiger partial charge in [0.05, 0.1) is 11.1 Å². The van der Waals surface area contributed by atoms with E-state index < -0.39 is 5.97 Å². The number of anilines is 1. The highest BCUT2D eigenvalue weighted by Crippen LogP contribution is 2.20. The van der Waals surface area contributed by atoms with Crippen LogP contribution in [-0.2, 0) is 6.42 Å². The molecule has 1 aromatic carbocycles. The Balaban J connectivity index is 1.77. The lowest BCUT2D eigenvalue weighted by Crippen LogP contribution is -2.07. The molecule has 2 N–H and O–H groups in total. The smallest absolute Gasteiger partial charge is 0.335 e. The molecule has 3 rings (SSSR count). The minimum Gasteiger partial charge on any atom is -0.478 e. The Morgan fingerprint density at radius 1 is 1.14 bits per heavy atom. The van der Waals surface area contributed by atoms with Crippen LogP contribution in [0.4, 0.5) is 5.82 Å². The number of aromatic nitrogens is 3. The lowest BCUT2D eigenvalue weighted by molar-refractivity contribution is 0.0697. The van der Waals surface area contributed by atoms with Gasteiger partial charge in [-0.15, -0.1) is 0 Å². The number of carbonyl (C=O) groups is 1. The molecular weight excluding hydrogens is 280 g/mol. The second-order valence-corrected chi connectivity index (χ2v) is 4.79. The number of hydrogen-bond donors (Lipinski definition) is 2. The maximum Gasteiger partial charge on any atom is 0.335 e. The van der Waals surface area contributed by atoms with Gasteiger partial charge < -0.3 is 10.4 Å². The summed E-state index contributed by atoms with van der Waals surface area (Å²) in [7, 11) is 0.